The van der Waals surface area contributed by atoms with Gasteiger partial charge < -0.3 is 25.3 Å². The molecule has 1 aliphatic rings. The maximum atomic E-state index is 12.1. The number of likely N-dealkylation sites (tertiary alicyclic amines) is 1. The lowest BCUT2D eigenvalue weighted by atomic mass is 10.2. The lowest BCUT2D eigenvalue weighted by molar-refractivity contribution is -0.141. The van der Waals surface area contributed by atoms with Gasteiger partial charge in [0.05, 0.1) is 6.10 Å². The molecule has 0 saturated carbocycles. The van der Waals surface area contributed by atoms with E-state index in [1.54, 1.807) is 0 Å². The van der Waals surface area contributed by atoms with Crippen LogP contribution in [0.4, 0.5) is 4.79 Å². The van der Waals surface area contributed by atoms with Crippen LogP contribution in [0.2, 0.25) is 0 Å². The summed E-state index contributed by atoms with van der Waals surface area (Å²) in [7, 11) is 3.00. The molecule has 19 heavy (non-hydrogen) atoms. The third kappa shape index (κ3) is 3.82. The molecule has 3 N–H and O–H groups in total. The van der Waals surface area contributed by atoms with Crippen LogP contribution >= 0.6 is 0 Å². The largest absolute Gasteiger partial charge is 0.480 e. The van der Waals surface area contributed by atoms with Gasteiger partial charge in [0, 0.05) is 40.0 Å². The van der Waals surface area contributed by atoms with Gasteiger partial charge in [-0.05, 0) is 0 Å². The van der Waals surface area contributed by atoms with Crippen molar-refractivity contribution >= 4 is 17.9 Å². The van der Waals surface area contributed by atoms with Gasteiger partial charge in [0.15, 0.2) is 0 Å². The Morgan fingerprint density at radius 3 is 2.58 bits per heavy atom. The van der Waals surface area contributed by atoms with E-state index < -0.39 is 24.1 Å². The van der Waals surface area contributed by atoms with Crippen LogP contribution in [0.1, 0.15) is 12.8 Å². The minimum Gasteiger partial charge on any atom is -0.480 e. The highest BCUT2D eigenvalue weighted by Gasteiger charge is 2.39. The number of nitrogens with zero attached hydrogens (tertiary/aromatic N) is 2. The molecule has 2 atom stereocenters. The highest BCUT2D eigenvalue weighted by molar-refractivity contribution is 5.84. The van der Waals surface area contributed by atoms with Gasteiger partial charge in [0.1, 0.15) is 6.04 Å². The summed E-state index contributed by atoms with van der Waals surface area (Å²) in [5.74, 6) is -1.33. The van der Waals surface area contributed by atoms with Crippen LogP contribution in [0, 0.1) is 0 Å². The van der Waals surface area contributed by atoms with Gasteiger partial charge in [0.25, 0.3) is 0 Å². The molecule has 1 saturated heterocycles. The maximum absolute atomic E-state index is 12.1. The Bertz CT molecular complexity index is 373. The first kappa shape index (κ1) is 15.2. The van der Waals surface area contributed by atoms with Gasteiger partial charge in [0.2, 0.25) is 5.91 Å². The first-order valence-corrected chi connectivity index (χ1v) is 6.00. The lowest BCUT2D eigenvalue weighted by Crippen LogP contribution is -2.47. The van der Waals surface area contributed by atoms with E-state index in [4.69, 9.17) is 5.11 Å². The average molecular weight is 273 g/mol. The van der Waals surface area contributed by atoms with E-state index in [1.165, 1.54) is 19.0 Å². The Morgan fingerprint density at radius 2 is 2.05 bits per heavy atom. The summed E-state index contributed by atoms with van der Waals surface area (Å²) >= 11 is 0. The predicted molar refractivity (Wildman–Crippen MR) is 65.5 cm³/mol. The zero-order valence-electron chi connectivity index (χ0n) is 11.0. The zero-order valence-corrected chi connectivity index (χ0v) is 11.0. The lowest BCUT2D eigenvalue weighted by Gasteiger charge is -2.27. The topological polar surface area (TPSA) is 110 Å². The van der Waals surface area contributed by atoms with Gasteiger partial charge in [-0.2, -0.15) is 0 Å². The molecule has 1 rings (SSSR count). The summed E-state index contributed by atoms with van der Waals surface area (Å²) in [6, 6.07) is -1.50. The van der Waals surface area contributed by atoms with Crippen LogP contribution in [0.25, 0.3) is 0 Å². The number of β-amino-alcohol motifs (C(OH)–C–C–N with tert-alkyl or cyclic N) is 1. The number of carbonyl (C=O) groups excluding carboxylic acids is 2. The van der Waals surface area contributed by atoms with Crippen LogP contribution in [0.5, 0.6) is 0 Å². The van der Waals surface area contributed by atoms with E-state index in [9.17, 15) is 19.5 Å². The average Bonchev–Trinajstić information content (AvgIpc) is 2.76. The minimum atomic E-state index is -1.13. The monoisotopic (exact) mass is 273 g/mol. The summed E-state index contributed by atoms with van der Waals surface area (Å²) < 4.78 is 0. The smallest absolute Gasteiger partial charge is 0.326 e. The highest BCUT2D eigenvalue weighted by atomic mass is 16.4. The van der Waals surface area contributed by atoms with Crippen molar-refractivity contribution in [2.45, 2.75) is 25.0 Å². The van der Waals surface area contributed by atoms with Crippen LogP contribution < -0.4 is 5.32 Å². The van der Waals surface area contributed by atoms with Crippen molar-refractivity contribution in [3.8, 4) is 0 Å². The molecule has 108 valence electrons. The van der Waals surface area contributed by atoms with Gasteiger partial charge >= 0.3 is 12.0 Å². The van der Waals surface area contributed by atoms with E-state index in [0.717, 1.165) is 4.90 Å². The number of aliphatic hydroxyl groups excluding tert-OH is 1. The predicted octanol–water partition coefficient (Wildman–Crippen LogP) is -1.31. The fourth-order valence-corrected chi connectivity index (χ4v) is 1.97. The maximum Gasteiger partial charge on any atom is 0.326 e. The van der Waals surface area contributed by atoms with E-state index in [-0.39, 0.29) is 31.8 Å². The molecule has 0 aromatic heterocycles. The van der Waals surface area contributed by atoms with E-state index in [1.807, 2.05) is 0 Å². The van der Waals surface area contributed by atoms with E-state index in [2.05, 4.69) is 5.32 Å². The third-order valence-electron chi connectivity index (χ3n) is 3.09. The Labute approximate surface area is 111 Å². The molecule has 0 spiro atoms. The van der Waals surface area contributed by atoms with Crippen LogP contribution in [0.3, 0.4) is 0 Å². The number of carboxylic acids is 1. The van der Waals surface area contributed by atoms with Crippen LogP contribution in [-0.4, -0.2) is 77.3 Å². The fourth-order valence-electron chi connectivity index (χ4n) is 1.97. The number of urea groups is 1. The Hall–Kier alpha value is -1.83. The standard InChI is InChI=1S/C11H19N3O5/c1-12-9(16)3-4-13(2)11(19)14-6-7(15)5-8(14)10(17)18/h7-8,15H,3-6H2,1-2H3,(H,12,16)(H,17,18)/t7-,8-/m0/s1. The number of amides is 3. The summed E-state index contributed by atoms with van der Waals surface area (Å²) in [5.41, 5.74) is 0. The molecule has 3 amide bonds. The van der Waals surface area contributed by atoms with Gasteiger partial charge in [-0.25, -0.2) is 9.59 Å². The van der Waals surface area contributed by atoms with Gasteiger partial charge in [-0.3, -0.25) is 4.79 Å². The molecular weight excluding hydrogens is 254 g/mol. The summed E-state index contributed by atoms with van der Waals surface area (Å²) in [4.78, 5) is 36.6. The molecule has 1 fully saturated rings. The van der Waals surface area contributed by atoms with Crippen molar-refractivity contribution in [2.24, 2.45) is 0 Å². The molecular formula is C11H19N3O5. The number of carbonyl (C=O) groups is 3. The first-order valence-electron chi connectivity index (χ1n) is 6.00. The van der Waals surface area contributed by atoms with Gasteiger partial charge in [-0.1, -0.05) is 0 Å². The van der Waals surface area contributed by atoms with Crippen molar-refractivity contribution in [3.63, 3.8) is 0 Å². The molecule has 8 nitrogen and oxygen atoms in total. The van der Waals surface area contributed by atoms with Crippen molar-refractivity contribution < 1.29 is 24.6 Å². The van der Waals surface area contributed by atoms with Crippen molar-refractivity contribution in [2.75, 3.05) is 27.2 Å². The number of carboxylic acid groups (broad SMARTS) is 1. The SMILES string of the molecule is CNC(=O)CCN(C)C(=O)N1C[C@@H](O)C[C@H]1C(=O)O. The minimum absolute atomic E-state index is 0.000113. The van der Waals surface area contributed by atoms with Crippen molar-refractivity contribution in [1.29, 1.82) is 0 Å². The van der Waals surface area contributed by atoms with E-state index >= 15 is 0 Å². The Morgan fingerprint density at radius 1 is 1.42 bits per heavy atom. The molecule has 0 radical (unpaired) electrons. The quantitative estimate of drug-likeness (QED) is 0.589. The second kappa shape index (κ2) is 6.37. The van der Waals surface area contributed by atoms with Crippen LogP contribution in [-0.2, 0) is 9.59 Å². The fraction of sp³-hybridized carbons (Fsp3) is 0.727. The normalized spacial score (nSPS) is 22.2. The number of hydrogen-bond donors (Lipinski definition) is 3. The van der Waals surface area contributed by atoms with Crippen molar-refractivity contribution in [1.82, 2.24) is 15.1 Å². The number of nitrogens with one attached hydrogen (secondary N) is 1. The number of hydrogen-bond acceptors (Lipinski definition) is 4. The van der Waals surface area contributed by atoms with E-state index in [0.29, 0.717) is 0 Å². The summed E-state index contributed by atoms with van der Waals surface area (Å²) in [6.07, 6.45) is -0.644. The molecule has 0 aromatic rings. The molecule has 1 heterocycles. The van der Waals surface area contributed by atoms with Gasteiger partial charge in [-0.15, -0.1) is 0 Å². The molecule has 8 heteroatoms. The van der Waals surface area contributed by atoms with Crippen molar-refractivity contribution in [3.05, 3.63) is 0 Å². The molecule has 0 bridgehead atoms. The molecule has 0 aromatic carbocycles. The molecule has 1 aliphatic heterocycles. The highest BCUT2D eigenvalue weighted by Crippen LogP contribution is 2.19. The summed E-state index contributed by atoms with van der Waals surface area (Å²) in [6.45, 7) is 0.192. The Balaban J connectivity index is 2.60. The van der Waals surface area contributed by atoms with Crippen LogP contribution in [0.15, 0.2) is 0 Å². The number of aliphatic hydroxyl groups is 1. The Kier molecular flexibility index (Phi) is 5.11. The first-order chi connectivity index (χ1) is 8.86. The number of aliphatic carboxylic acids is 1. The summed E-state index contributed by atoms with van der Waals surface area (Å²) in [5, 5.41) is 20.9. The molecule has 0 aliphatic carbocycles. The number of rotatable bonds is 4. The zero-order chi connectivity index (χ0) is 14.6. The molecule has 0 unspecified atom stereocenters. The second-order valence-electron chi connectivity index (χ2n) is 4.52. The second-order valence-corrected chi connectivity index (χ2v) is 4.52. The third-order valence-corrected chi connectivity index (χ3v) is 3.09.